The van der Waals surface area contributed by atoms with Crippen LogP contribution >= 0.6 is 0 Å². The normalized spacial score (nSPS) is 29.9. The molecule has 0 aromatic heterocycles. The van der Waals surface area contributed by atoms with Gasteiger partial charge in [-0.05, 0) is 43.0 Å². The highest BCUT2D eigenvalue weighted by Crippen LogP contribution is 2.39. The first-order valence-electron chi connectivity index (χ1n) is 7.31. The van der Waals surface area contributed by atoms with E-state index in [1.54, 1.807) is 0 Å². The fraction of sp³-hybridized carbons (Fsp3) is 0.625. The Morgan fingerprint density at radius 3 is 2.37 bits per heavy atom. The Bertz CT molecular complexity index is 414. The van der Waals surface area contributed by atoms with Gasteiger partial charge in [0.15, 0.2) is 0 Å². The second kappa shape index (κ2) is 5.14. The maximum atomic E-state index is 3.77. The number of fused-ring (bicyclic) bond motifs is 2. The quantitative estimate of drug-likeness (QED) is 0.889. The fourth-order valence-corrected chi connectivity index (χ4v) is 3.60. The minimum Gasteiger partial charge on any atom is -0.378 e. The Hall–Kier alpha value is -1.06. The highest BCUT2D eigenvalue weighted by Gasteiger charge is 2.45. The molecule has 2 aliphatic heterocycles. The van der Waals surface area contributed by atoms with Gasteiger partial charge in [0.25, 0.3) is 0 Å². The van der Waals surface area contributed by atoms with Crippen molar-refractivity contribution in [2.75, 3.05) is 39.1 Å². The number of piperidine rings is 2. The van der Waals surface area contributed by atoms with Crippen LogP contribution in [-0.4, -0.2) is 45.2 Å². The zero-order valence-electron chi connectivity index (χ0n) is 12.3. The number of benzene rings is 1. The molecular formula is C16H25N3. The third-order valence-electron chi connectivity index (χ3n) is 4.71. The number of nitrogens with zero attached hydrogens (tertiary/aromatic N) is 2. The van der Waals surface area contributed by atoms with Gasteiger partial charge in [0.2, 0.25) is 0 Å². The lowest BCUT2D eigenvalue weighted by atomic mass is 9.66. The minimum absolute atomic E-state index is 0.754. The van der Waals surface area contributed by atoms with E-state index in [0.29, 0.717) is 0 Å². The molecule has 4 rings (SSSR count). The van der Waals surface area contributed by atoms with Crippen LogP contribution in [0.2, 0.25) is 0 Å². The van der Waals surface area contributed by atoms with Crippen LogP contribution in [0.4, 0.5) is 5.69 Å². The molecule has 1 unspecified atom stereocenters. The zero-order valence-corrected chi connectivity index (χ0v) is 12.3. The predicted octanol–water partition coefficient (Wildman–Crippen LogP) is 1.79. The summed E-state index contributed by atoms with van der Waals surface area (Å²) in [6.45, 7) is 3.55. The van der Waals surface area contributed by atoms with Gasteiger partial charge in [0.05, 0.1) is 0 Å². The zero-order chi connectivity index (χ0) is 13.4. The van der Waals surface area contributed by atoms with E-state index in [4.69, 9.17) is 0 Å². The average molecular weight is 259 g/mol. The molecule has 3 heteroatoms. The number of anilines is 1. The summed E-state index contributed by atoms with van der Waals surface area (Å²) in [4.78, 5) is 4.62. The molecule has 2 saturated heterocycles. The SMILES string of the molecule is CN1C[C@H]2C[C@@H](C1)C2NCc1ccc(N(C)C)cc1. The number of hydrogen-bond donors (Lipinski definition) is 1. The lowest BCUT2D eigenvalue weighted by Crippen LogP contribution is -2.62. The molecule has 2 bridgehead atoms. The molecule has 0 spiro atoms. The molecular weight excluding hydrogens is 234 g/mol. The smallest absolute Gasteiger partial charge is 0.0361 e. The Morgan fingerprint density at radius 1 is 1.16 bits per heavy atom. The van der Waals surface area contributed by atoms with E-state index in [-0.39, 0.29) is 0 Å². The van der Waals surface area contributed by atoms with Crippen LogP contribution in [0, 0.1) is 11.8 Å². The lowest BCUT2D eigenvalue weighted by molar-refractivity contribution is -0.00300. The van der Waals surface area contributed by atoms with Crippen LogP contribution in [0.3, 0.4) is 0 Å². The average Bonchev–Trinajstić information content (AvgIpc) is 2.39. The van der Waals surface area contributed by atoms with Crippen molar-refractivity contribution in [1.29, 1.82) is 0 Å². The van der Waals surface area contributed by atoms with Gasteiger partial charge in [0.1, 0.15) is 0 Å². The summed E-state index contributed by atoms with van der Waals surface area (Å²) in [7, 11) is 6.41. The first-order chi connectivity index (χ1) is 9.13. The summed E-state index contributed by atoms with van der Waals surface area (Å²) in [5.41, 5.74) is 2.66. The van der Waals surface area contributed by atoms with Crippen molar-refractivity contribution >= 4 is 5.69 Å². The number of rotatable bonds is 4. The van der Waals surface area contributed by atoms with Crippen molar-refractivity contribution in [3.05, 3.63) is 29.8 Å². The van der Waals surface area contributed by atoms with Gasteiger partial charge in [0, 0.05) is 45.5 Å². The minimum atomic E-state index is 0.754. The molecule has 1 saturated carbocycles. The Morgan fingerprint density at radius 2 is 1.79 bits per heavy atom. The first-order valence-corrected chi connectivity index (χ1v) is 7.31. The van der Waals surface area contributed by atoms with Crippen molar-refractivity contribution in [2.45, 2.75) is 19.0 Å². The van der Waals surface area contributed by atoms with E-state index >= 15 is 0 Å². The number of nitrogens with one attached hydrogen (secondary N) is 1. The van der Waals surface area contributed by atoms with Crippen LogP contribution in [0.5, 0.6) is 0 Å². The van der Waals surface area contributed by atoms with Crippen molar-refractivity contribution in [2.24, 2.45) is 11.8 Å². The maximum absolute atomic E-state index is 3.77. The summed E-state index contributed by atoms with van der Waals surface area (Å²) in [5.74, 6) is 1.76. The second-order valence-electron chi connectivity index (χ2n) is 6.44. The monoisotopic (exact) mass is 259 g/mol. The molecule has 1 aromatic rings. The van der Waals surface area contributed by atoms with Crippen molar-refractivity contribution in [1.82, 2.24) is 10.2 Å². The van der Waals surface area contributed by atoms with E-state index in [2.05, 4.69) is 60.5 Å². The largest absolute Gasteiger partial charge is 0.378 e. The molecule has 3 aliphatic rings. The summed E-state index contributed by atoms with van der Waals surface area (Å²) in [6, 6.07) is 9.63. The van der Waals surface area contributed by atoms with Gasteiger partial charge >= 0.3 is 0 Å². The lowest BCUT2D eigenvalue weighted by Gasteiger charge is -2.53. The molecule has 3 nitrogen and oxygen atoms in total. The highest BCUT2D eigenvalue weighted by atomic mass is 15.2. The van der Waals surface area contributed by atoms with Gasteiger partial charge in [-0.25, -0.2) is 0 Å². The van der Waals surface area contributed by atoms with Crippen LogP contribution in [-0.2, 0) is 6.54 Å². The van der Waals surface area contributed by atoms with E-state index in [1.807, 2.05) is 0 Å². The summed E-state index contributed by atoms with van der Waals surface area (Å²) < 4.78 is 0. The second-order valence-corrected chi connectivity index (χ2v) is 6.44. The third kappa shape index (κ3) is 2.63. The van der Waals surface area contributed by atoms with Crippen LogP contribution in [0.15, 0.2) is 24.3 Å². The summed E-state index contributed by atoms with van der Waals surface area (Å²) >= 11 is 0. The fourth-order valence-electron chi connectivity index (χ4n) is 3.60. The van der Waals surface area contributed by atoms with Gasteiger partial charge < -0.3 is 15.1 Å². The topological polar surface area (TPSA) is 18.5 Å². The molecule has 0 amide bonds. The van der Waals surface area contributed by atoms with Crippen LogP contribution in [0.1, 0.15) is 12.0 Å². The molecule has 1 aromatic carbocycles. The van der Waals surface area contributed by atoms with Crippen LogP contribution < -0.4 is 10.2 Å². The third-order valence-corrected chi connectivity index (χ3v) is 4.71. The van der Waals surface area contributed by atoms with Gasteiger partial charge in [-0.1, -0.05) is 12.1 Å². The van der Waals surface area contributed by atoms with E-state index in [9.17, 15) is 0 Å². The van der Waals surface area contributed by atoms with Crippen molar-refractivity contribution in [3.8, 4) is 0 Å². The Labute approximate surface area is 116 Å². The highest BCUT2D eigenvalue weighted by molar-refractivity contribution is 5.45. The standard InChI is InChI=1S/C16H25N3/c1-18(2)15-6-4-12(5-7-15)9-17-16-13-8-14(16)11-19(3)10-13/h4-7,13-14,16-17H,8-11H2,1-3H3/t13-,14+,16?. The van der Waals surface area contributed by atoms with Crippen LogP contribution in [0.25, 0.3) is 0 Å². The summed E-state index contributed by atoms with van der Waals surface area (Å²) in [6.07, 6.45) is 1.43. The van der Waals surface area contributed by atoms with Gasteiger partial charge in [-0.2, -0.15) is 0 Å². The molecule has 1 aliphatic carbocycles. The van der Waals surface area contributed by atoms with Crippen molar-refractivity contribution in [3.63, 3.8) is 0 Å². The molecule has 3 atom stereocenters. The van der Waals surface area contributed by atoms with Crippen molar-refractivity contribution < 1.29 is 0 Å². The molecule has 104 valence electrons. The predicted molar refractivity (Wildman–Crippen MR) is 80.5 cm³/mol. The molecule has 3 fully saturated rings. The molecule has 2 heterocycles. The molecule has 0 radical (unpaired) electrons. The van der Waals surface area contributed by atoms with Gasteiger partial charge in [-0.3, -0.25) is 0 Å². The van der Waals surface area contributed by atoms with E-state index in [1.165, 1.54) is 30.8 Å². The van der Waals surface area contributed by atoms with E-state index < -0.39 is 0 Å². The maximum Gasteiger partial charge on any atom is 0.0361 e. The Kier molecular flexibility index (Phi) is 3.50. The molecule has 1 N–H and O–H groups in total. The van der Waals surface area contributed by atoms with Gasteiger partial charge in [-0.15, -0.1) is 0 Å². The van der Waals surface area contributed by atoms with E-state index in [0.717, 1.165) is 24.4 Å². The first kappa shape index (κ1) is 12.9. The summed E-state index contributed by atoms with van der Waals surface area (Å²) in [5, 5.41) is 3.77. The number of hydrogen-bond acceptors (Lipinski definition) is 3. The molecule has 19 heavy (non-hydrogen) atoms. The Balaban J connectivity index is 1.53.